The van der Waals surface area contributed by atoms with E-state index in [4.69, 9.17) is 18.9 Å². The Kier molecular flexibility index (Phi) is 5.81. The number of morpholine rings is 1. The van der Waals surface area contributed by atoms with Crippen molar-refractivity contribution in [2.45, 2.75) is 31.4 Å². The van der Waals surface area contributed by atoms with Crippen LogP contribution in [0.2, 0.25) is 0 Å². The molecular formula is C27H29N3O4. The van der Waals surface area contributed by atoms with Gasteiger partial charge in [-0.05, 0) is 30.5 Å². The zero-order chi connectivity index (χ0) is 22.9. The topological polar surface area (TPSA) is 68.0 Å². The predicted octanol–water partition coefficient (Wildman–Crippen LogP) is 3.83. The van der Waals surface area contributed by atoms with Gasteiger partial charge in [-0.2, -0.15) is 0 Å². The largest absolute Gasteiger partial charge is 0.472 e. The number of pyridine rings is 1. The highest BCUT2D eigenvalue weighted by Gasteiger charge is 2.42. The van der Waals surface area contributed by atoms with Crippen molar-refractivity contribution in [1.82, 2.24) is 9.88 Å². The fraction of sp³-hybridized carbons (Fsp3) is 0.407. The van der Waals surface area contributed by atoms with Crippen LogP contribution in [0, 0.1) is 0 Å². The van der Waals surface area contributed by atoms with Gasteiger partial charge >= 0.3 is 0 Å². The summed E-state index contributed by atoms with van der Waals surface area (Å²) in [7, 11) is 0. The zero-order valence-corrected chi connectivity index (χ0v) is 19.2. The van der Waals surface area contributed by atoms with E-state index in [1.807, 2.05) is 17.0 Å². The average Bonchev–Trinajstić information content (AvgIpc) is 3.63. The molecule has 3 aromatic rings. The minimum absolute atomic E-state index is 0.0185. The van der Waals surface area contributed by atoms with Gasteiger partial charge in [0.2, 0.25) is 0 Å². The first-order chi connectivity index (χ1) is 16.8. The highest BCUT2D eigenvalue weighted by atomic mass is 16.5. The fourth-order valence-corrected chi connectivity index (χ4v) is 5.32. The molecule has 0 N–H and O–H groups in total. The average molecular weight is 460 g/mol. The molecule has 34 heavy (non-hydrogen) atoms. The normalized spacial score (nSPS) is 22.4. The van der Waals surface area contributed by atoms with E-state index in [1.165, 1.54) is 5.56 Å². The minimum Gasteiger partial charge on any atom is -0.472 e. The highest BCUT2D eigenvalue weighted by molar-refractivity contribution is 6.00. The van der Waals surface area contributed by atoms with E-state index >= 15 is 0 Å². The number of nitrogens with zero attached hydrogens (tertiary/aromatic N) is 3. The number of carbonyl (C=O) groups excluding carboxylic acids is 1. The molecular weight excluding hydrogens is 430 g/mol. The first-order valence-electron chi connectivity index (χ1n) is 12.1. The van der Waals surface area contributed by atoms with Crippen molar-refractivity contribution in [2.24, 2.45) is 0 Å². The molecule has 1 amide bonds. The van der Waals surface area contributed by atoms with Gasteiger partial charge in [0.15, 0.2) is 0 Å². The van der Waals surface area contributed by atoms with Gasteiger partial charge in [-0.1, -0.05) is 30.3 Å². The van der Waals surface area contributed by atoms with Crippen molar-refractivity contribution in [3.8, 4) is 0 Å². The monoisotopic (exact) mass is 459 g/mol. The third kappa shape index (κ3) is 3.99. The third-order valence-electron chi connectivity index (χ3n) is 7.02. The van der Waals surface area contributed by atoms with Gasteiger partial charge in [-0.15, -0.1) is 0 Å². The number of hydrogen-bond donors (Lipinski definition) is 0. The molecule has 2 saturated heterocycles. The lowest BCUT2D eigenvalue weighted by molar-refractivity contribution is 0.0497. The van der Waals surface area contributed by atoms with Gasteiger partial charge in [0.25, 0.3) is 5.91 Å². The maximum Gasteiger partial charge on any atom is 0.256 e. The van der Waals surface area contributed by atoms with Gasteiger partial charge in [0.1, 0.15) is 6.04 Å². The van der Waals surface area contributed by atoms with Gasteiger partial charge in [-0.3, -0.25) is 9.78 Å². The second-order valence-electron chi connectivity index (χ2n) is 9.20. The van der Waals surface area contributed by atoms with Crippen LogP contribution in [0.15, 0.2) is 59.4 Å². The van der Waals surface area contributed by atoms with Crippen LogP contribution >= 0.6 is 0 Å². The molecule has 3 aliphatic heterocycles. The summed E-state index contributed by atoms with van der Waals surface area (Å²) in [6.07, 6.45) is 6.17. The van der Waals surface area contributed by atoms with Gasteiger partial charge in [-0.25, -0.2) is 0 Å². The second kappa shape index (κ2) is 9.24. The van der Waals surface area contributed by atoms with Crippen LogP contribution in [0.25, 0.3) is 0 Å². The molecule has 0 bridgehead atoms. The van der Waals surface area contributed by atoms with Crippen molar-refractivity contribution < 1.29 is 18.7 Å². The Morgan fingerprint density at radius 2 is 1.91 bits per heavy atom. The zero-order valence-electron chi connectivity index (χ0n) is 19.2. The molecule has 0 radical (unpaired) electrons. The molecule has 1 aromatic carbocycles. The lowest BCUT2D eigenvalue weighted by atomic mass is 10.0. The fourth-order valence-electron chi connectivity index (χ4n) is 5.32. The molecule has 7 nitrogen and oxygen atoms in total. The van der Waals surface area contributed by atoms with Crippen LogP contribution in [0.4, 0.5) is 5.69 Å². The number of benzene rings is 1. The number of hydrogen-bond acceptors (Lipinski definition) is 6. The lowest BCUT2D eigenvalue weighted by Gasteiger charge is -2.30. The van der Waals surface area contributed by atoms with E-state index in [2.05, 4.69) is 35.2 Å². The minimum atomic E-state index is -0.265. The summed E-state index contributed by atoms with van der Waals surface area (Å²) < 4.78 is 16.9. The number of ether oxygens (including phenoxy) is 2. The number of furan rings is 1. The van der Waals surface area contributed by atoms with Crippen LogP contribution in [0.1, 0.15) is 51.8 Å². The Bertz CT molecular complexity index is 1140. The summed E-state index contributed by atoms with van der Waals surface area (Å²) in [5, 5.41) is 0. The number of carbonyl (C=O) groups is 1. The van der Waals surface area contributed by atoms with Crippen molar-refractivity contribution in [1.29, 1.82) is 0 Å². The molecule has 5 heterocycles. The molecule has 2 unspecified atom stereocenters. The molecule has 2 atom stereocenters. The maximum absolute atomic E-state index is 13.8. The van der Waals surface area contributed by atoms with Crippen LogP contribution in [-0.4, -0.2) is 61.3 Å². The quantitative estimate of drug-likeness (QED) is 0.558. The number of aromatic nitrogens is 1. The highest BCUT2D eigenvalue weighted by Crippen LogP contribution is 2.41. The Labute approximate surface area is 199 Å². The van der Waals surface area contributed by atoms with E-state index in [0.29, 0.717) is 31.7 Å². The molecule has 176 valence electrons. The number of amides is 1. The number of fused-ring (bicyclic) bond motifs is 1. The van der Waals surface area contributed by atoms with Gasteiger partial charge in [0, 0.05) is 38.2 Å². The van der Waals surface area contributed by atoms with Gasteiger partial charge < -0.3 is 23.7 Å². The van der Waals surface area contributed by atoms with Crippen molar-refractivity contribution in [3.63, 3.8) is 0 Å². The summed E-state index contributed by atoms with van der Waals surface area (Å²) in [6.45, 7) is 4.27. The lowest BCUT2D eigenvalue weighted by Crippen LogP contribution is -2.37. The van der Waals surface area contributed by atoms with E-state index in [-0.39, 0.29) is 18.1 Å². The van der Waals surface area contributed by atoms with E-state index in [1.54, 1.807) is 12.5 Å². The third-order valence-corrected chi connectivity index (χ3v) is 7.02. The summed E-state index contributed by atoms with van der Waals surface area (Å²) in [5.41, 5.74) is 5.67. The SMILES string of the molecule is O=C1c2cc(N3CCOCC3)c(Cc3ccccc3)nc2C(c2ccoc2)N1CC1CCCO1. The van der Waals surface area contributed by atoms with Crippen molar-refractivity contribution >= 4 is 11.6 Å². The number of rotatable bonds is 6. The molecule has 0 saturated carbocycles. The second-order valence-corrected chi connectivity index (χ2v) is 9.20. The standard InChI is InChI=1S/C27H29N3O4/c31-27-22-16-24(29-9-13-32-14-10-29)23(15-19-5-2-1-3-6-19)28-25(22)26(20-8-12-33-18-20)30(27)17-21-7-4-11-34-21/h1-3,5-6,8,12,16,18,21,26H,4,7,9-11,13-15,17H2. The van der Waals surface area contributed by atoms with Crippen LogP contribution < -0.4 is 4.90 Å². The number of anilines is 1. The first kappa shape index (κ1) is 21.4. The molecule has 7 heteroatoms. The molecule has 3 aliphatic rings. The predicted molar refractivity (Wildman–Crippen MR) is 127 cm³/mol. The summed E-state index contributed by atoms with van der Waals surface area (Å²) >= 11 is 0. The summed E-state index contributed by atoms with van der Waals surface area (Å²) in [5.74, 6) is 0.0185. The molecule has 0 aliphatic carbocycles. The van der Waals surface area contributed by atoms with Gasteiger partial charge in [0.05, 0.1) is 54.5 Å². The van der Waals surface area contributed by atoms with E-state index in [0.717, 1.165) is 55.2 Å². The maximum atomic E-state index is 13.8. The molecule has 2 aromatic heterocycles. The Balaban J connectivity index is 1.44. The van der Waals surface area contributed by atoms with E-state index < -0.39 is 0 Å². The summed E-state index contributed by atoms with van der Waals surface area (Å²) in [6, 6.07) is 14.1. The Morgan fingerprint density at radius 1 is 1.06 bits per heavy atom. The summed E-state index contributed by atoms with van der Waals surface area (Å²) in [4.78, 5) is 23.2. The van der Waals surface area contributed by atoms with Crippen LogP contribution in [0.3, 0.4) is 0 Å². The first-order valence-corrected chi connectivity index (χ1v) is 12.1. The van der Waals surface area contributed by atoms with Crippen LogP contribution in [0.5, 0.6) is 0 Å². The smallest absolute Gasteiger partial charge is 0.256 e. The van der Waals surface area contributed by atoms with Crippen LogP contribution in [-0.2, 0) is 15.9 Å². The molecule has 2 fully saturated rings. The van der Waals surface area contributed by atoms with E-state index in [9.17, 15) is 4.79 Å². The van der Waals surface area contributed by atoms with Crippen molar-refractivity contribution in [2.75, 3.05) is 44.4 Å². The molecule has 0 spiro atoms. The Morgan fingerprint density at radius 3 is 2.65 bits per heavy atom. The Hall–Kier alpha value is -3.16. The van der Waals surface area contributed by atoms with Crippen molar-refractivity contribution in [3.05, 3.63) is 83.1 Å². The molecule has 6 rings (SSSR count).